The number of rotatable bonds is 1. The molecule has 0 aliphatic carbocycles. The molecule has 1 fully saturated rings. The Hall–Kier alpha value is -1.98. The van der Waals surface area contributed by atoms with Gasteiger partial charge in [0.1, 0.15) is 11.4 Å². The molecule has 2 heterocycles. The number of carbonyl (C=O) groups is 1. The van der Waals surface area contributed by atoms with Crippen LogP contribution in [-0.2, 0) is 4.74 Å². The van der Waals surface area contributed by atoms with Gasteiger partial charge in [-0.2, -0.15) is 0 Å². The second-order valence-electron chi connectivity index (χ2n) is 6.93. The van der Waals surface area contributed by atoms with Gasteiger partial charge in [-0.1, -0.05) is 0 Å². The molecule has 2 N–H and O–H groups in total. The molecule has 0 saturated carbocycles. The topological polar surface area (TPSA) is 71.7 Å². The van der Waals surface area contributed by atoms with Crippen molar-refractivity contribution in [1.29, 1.82) is 0 Å². The zero-order valence-electron chi connectivity index (χ0n) is 14.0. The Bertz CT molecular complexity index is 512. The average molecular weight is 306 g/mol. The highest BCUT2D eigenvalue weighted by Gasteiger charge is 2.34. The summed E-state index contributed by atoms with van der Waals surface area (Å²) < 4.78 is 5.47. The van der Waals surface area contributed by atoms with Gasteiger partial charge in [-0.15, -0.1) is 0 Å². The molecular formula is C16H26N4O2. The van der Waals surface area contributed by atoms with Crippen molar-refractivity contribution in [3.05, 3.63) is 18.3 Å². The van der Waals surface area contributed by atoms with Crippen molar-refractivity contribution >= 4 is 17.6 Å². The molecule has 6 heteroatoms. The van der Waals surface area contributed by atoms with Crippen molar-refractivity contribution in [2.24, 2.45) is 0 Å². The van der Waals surface area contributed by atoms with Gasteiger partial charge in [0, 0.05) is 25.2 Å². The summed E-state index contributed by atoms with van der Waals surface area (Å²) in [6.45, 7) is 11.1. The van der Waals surface area contributed by atoms with Gasteiger partial charge >= 0.3 is 6.09 Å². The maximum Gasteiger partial charge on any atom is 0.410 e. The van der Waals surface area contributed by atoms with Crippen molar-refractivity contribution < 1.29 is 9.53 Å². The van der Waals surface area contributed by atoms with Crippen molar-refractivity contribution in [1.82, 2.24) is 9.88 Å². The van der Waals surface area contributed by atoms with Crippen LogP contribution in [0.5, 0.6) is 0 Å². The van der Waals surface area contributed by atoms with Gasteiger partial charge in [0.05, 0.1) is 11.9 Å². The Morgan fingerprint density at radius 3 is 2.32 bits per heavy atom. The molecule has 1 aliphatic heterocycles. The van der Waals surface area contributed by atoms with Crippen molar-refractivity contribution in [3.8, 4) is 0 Å². The van der Waals surface area contributed by atoms with Crippen molar-refractivity contribution in [2.45, 2.75) is 52.3 Å². The first-order chi connectivity index (χ1) is 10.2. The summed E-state index contributed by atoms with van der Waals surface area (Å²) in [6, 6.07) is 4.14. The van der Waals surface area contributed by atoms with E-state index in [1.165, 1.54) is 0 Å². The lowest BCUT2D eigenvalue weighted by Gasteiger charge is -2.45. The van der Waals surface area contributed by atoms with Gasteiger partial charge in [-0.3, -0.25) is 0 Å². The third-order valence-electron chi connectivity index (χ3n) is 3.64. The number of ether oxygens (including phenoxy) is 1. The lowest BCUT2D eigenvalue weighted by atomic mass is 10.1. The third kappa shape index (κ3) is 3.81. The van der Waals surface area contributed by atoms with Crippen LogP contribution in [0.2, 0.25) is 0 Å². The van der Waals surface area contributed by atoms with E-state index in [2.05, 4.69) is 23.7 Å². The Balaban J connectivity index is 2.09. The fourth-order valence-electron chi connectivity index (χ4n) is 2.86. The third-order valence-corrected chi connectivity index (χ3v) is 3.64. The molecule has 0 aromatic carbocycles. The Morgan fingerprint density at radius 2 is 1.86 bits per heavy atom. The molecular weight excluding hydrogens is 280 g/mol. The SMILES string of the molecule is C[C@@H]1CN(C(=O)OC(C)(C)C)C[C@H](C)N1c1ccc(N)nc1. The number of carbonyl (C=O) groups excluding carboxylic acids is 1. The Labute approximate surface area is 132 Å². The Kier molecular flexibility index (Phi) is 4.49. The van der Waals surface area contributed by atoms with Crippen LogP contribution in [0.1, 0.15) is 34.6 Å². The minimum absolute atomic E-state index is 0.182. The predicted molar refractivity (Wildman–Crippen MR) is 87.9 cm³/mol. The largest absolute Gasteiger partial charge is 0.444 e. The molecule has 2 atom stereocenters. The first kappa shape index (κ1) is 16.4. The van der Waals surface area contributed by atoms with E-state index in [1.807, 2.05) is 26.8 Å². The molecule has 1 aromatic rings. The molecule has 2 rings (SSSR count). The van der Waals surface area contributed by atoms with E-state index in [-0.39, 0.29) is 18.2 Å². The van der Waals surface area contributed by atoms with Crippen LogP contribution in [0.15, 0.2) is 18.3 Å². The highest BCUT2D eigenvalue weighted by molar-refractivity contribution is 5.69. The van der Waals surface area contributed by atoms with Crippen LogP contribution >= 0.6 is 0 Å². The average Bonchev–Trinajstić information content (AvgIpc) is 2.38. The second kappa shape index (κ2) is 6.02. The molecule has 1 aromatic heterocycles. The molecule has 0 radical (unpaired) electrons. The van der Waals surface area contributed by atoms with Crippen molar-refractivity contribution in [2.75, 3.05) is 23.7 Å². The van der Waals surface area contributed by atoms with Gasteiger partial charge in [0.2, 0.25) is 0 Å². The summed E-state index contributed by atoms with van der Waals surface area (Å²) in [5.41, 5.74) is 6.20. The normalized spacial score (nSPS) is 22.6. The van der Waals surface area contributed by atoms with E-state index >= 15 is 0 Å². The van der Waals surface area contributed by atoms with Crippen LogP contribution < -0.4 is 10.6 Å². The van der Waals surface area contributed by atoms with Crippen LogP contribution in [0.3, 0.4) is 0 Å². The molecule has 0 unspecified atom stereocenters. The zero-order chi connectivity index (χ0) is 16.5. The maximum atomic E-state index is 12.2. The maximum absolute atomic E-state index is 12.2. The van der Waals surface area contributed by atoms with Crippen LogP contribution in [-0.4, -0.2) is 46.8 Å². The summed E-state index contributed by atoms with van der Waals surface area (Å²) in [5, 5.41) is 0. The summed E-state index contributed by atoms with van der Waals surface area (Å²) in [5.74, 6) is 0.511. The predicted octanol–water partition coefficient (Wildman–Crippen LogP) is 2.50. The summed E-state index contributed by atoms with van der Waals surface area (Å²) in [6.07, 6.45) is 1.53. The molecule has 22 heavy (non-hydrogen) atoms. The molecule has 0 spiro atoms. The van der Waals surface area contributed by atoms with Gasteiger partial charge in [-0.05, 0) is 46.8 Å². The number of piperazine rings is 1. The lowest BCUT2D eigenvalue weighted by Crippen LogP contribution is -2.58. The van der Waals surface area contributed by atoms with E-state index in [0.29, 0.717) is 18.9 Å². The summed E-state index contributed by atoms with van der Waals surface area (Å²) >= 11 is 0. The standard InChI is InChI=1S/C16H26N4O2/c1-11-9-19(15(21)22-16(3,4)5)10-12(2)20(11)13-6-7-14(17)18-8-13/h6-8,11-12H,9-10H2,1-5H3,(H2,17,18)/t11-,12+. The van der Waals surface area contributed by atoms with E-state index in [9.17, 15) is 4.79 Å². The van der Waals surface area contributed by atoms with Gasteiger partial charge in [0.15, 0.2) is 0 Å². The number of pyridine rings is 1. The minimum atomic E-state index is -0.471. The number of amides is 1. The first-order valence-electron chi connectivity index (χ1n) is 7.65. The fraction of sp³-hybridized carbons (Fsp3) is 0.625. The molecule has 0 bridgehead atoms. The lowest BCUT2D eigenvalue weighted by molar-refractivity contribution is 0.0193. The number of nitrogens with two attached hydrogens (primary N) is 1. The molecule has 6 nitrogen and oxygen atoms in total. The quantitative estimate of drug-likeness (QED) is 0.863. The summed E-state index contributed by atoms with van der Waals surface area (Å²) in [7, 11) is 0. The highest BCUT2D eigenvalue weighted by atomic mass is 16.6. The second-order valence-corrected chi connectivity index (χ2v) is 6.93. The van der Waals surface area contributed by atoms with E-state index in [1.54, 1.807) is 17.2 Å². The van der Waals surface area contributed by atoms with Crippen LogP contribution in [0.25, 0.3) is 0 Å². The van der Waals surface area contributed by atoms with E-state index in [0.717, 1.165) is 5.69 Å². The number of aromatic nitrogens is 1. The van der Waals surface area contributed by atoms with Crippen molar-refractivity contribution in [3.63, 3.8) is 0 Å². The number of hydrogen-bond acceptors (Lipinski definition) is 5. The molecule has 1 amide bonds. The molecule has 1 saturated heterocycles. The minimum Gasteiger partial charge on any atom is -0.444 e. The Morgan fingerprint density at radius 1 is 1.27 bits per heavy atom. The van der Waals surface area contributed by atoms with Crippen LogP contribution in [0, 0.1) is 0 Å². The number of nitrogens with zero attached hydrogens (tertiary/aromatic N) is 3. The van der Waals surface area contributed by atoms with E-state index < -0.39 is 5.60 Å². The van der Waals surface area contributed by atoms with E-state index in [4.69, 9.17) is 10.5 Å². The van der Waals surface area contributed by atoms with Crippen LogP contribution in [0.4, 0.5) is 16.3 Å². The molecule has 1 aliphatic rings. The fourth-order valence-corrected chi connectivity index (χ4v) is 2.86. The number of hydrogen-bond donors (Lipinski definition) is 1. The first-order valence-corrected chi connectivity index (χ1v) is 7.65. The van der Waals surface area contributed by atoms with Gasteiger partial charge in [0.25, 0.3) is 0 Å². The van der Waals surface area contributed by atoms with Gasteiger partial charge < -0.3 is 20.3 Å². The summed E-state index contributed by atoms with van der Waals surface area (Å²) in [4.78, 5) is 20.5. The smallest absolute Gasteiger partial charge is 0.410 e. The monoisotopic (exact) mass is 306 g/mol. The number of anilines is 2. The van der Waals surface area contributed by atoms with Gasteiger partial charge in [-0.25, -0.2) is 9.78 Å². The zero-order valence-corrected chi connectivity index (χ0v) is 14.0. The number of nitrogen functional groups attached to an aromatic ring is 1. The highest BCUT2D eigenvalue weighted by Crippen LogP contribution is 2.25. The molecule has 122 valence electrons.